The Morgan fingerprint density at radius 1 is 1.21 bits per heavy atom. The van der Waals surface area contributed by atoms with Crippen molar-refractivity contribution in [3.63, 3.8) is 0 Å². The summed E-state index contributed by atoms with van der Waals surface area (Å²) in [5, 5.41) is 1.89. The second-order valence-electron chi connectivity index (χ2n) is 6.90. The molecule has 0 radical (unpaired) electrons. The molecule has 0 aliphatic carbocycles. The van der Waals surface area contributed by atoms with Crippen LogP contribution in [0.1, 0.15) is 26.6 Å². The Hall–Kier alpha value is -1.66. The molecule has 0 spiro atoms. The molecule has 1 fully saturated rings. The zero-order valence-corrected chi connectivity index (χ0v) is 15.2. The monoisotopic (exact) mass is 345 g/mol. The van der Waals surface area contributed by atoms with E-state index in [0.29, 0.717) is 32.1 Å². The lowest BCUT2D eigenvalue weighted by molar-refractivity contribution is -0.132. The van der Waals surface area contributed by atoms with Crippen LogP contribution in [0.5, 0.6) is 0 Å². The fourth-order valence-corrected chi connectivity index (χ4v) is 3.45. The third-order valence-electron chi connectivity index (χ3n) is 3.94. The predicted octanol–water partition coefficient (Wildman–Crippen LogP) is 2.88. The van der Waals surface area contributed by atoms with Gasteiger partial charge in [-0.05, 0) is 6.07 Å². The van der Waals surface area contributed by atoms with Crippen LogP contribution in [-0.2, 0) is 14.9 Å². The zero-order valence-electron chi connectivity index (χ0n) is 14.4. The second kappa shape index (κ2) is 7.07. The highest BCUT2D eigenvalue weighted by atomic mass is 32.2. The first-order valence-corrected chi connectivity index (χ1v) is 9.19. The van der Waals surface area contributed by atoms with Gasteiger partial charge in [0.1, 0.15) is 10.9 Å². The normalized spacial score (nSPS) is 15.7. The van der Waals surface area contributed by atoms with Crippen molar-refractivity contribution in [1.82, 2.24) is 14.9 Å². The number of carbonyl (C=O) groups excluding carboxylic acids is 1. The molecule has 128 valence electrons. The lowest BCUT2D eigenvalue weighted by Gasteiger charge is -2.26. The van der Waals surface area contributed by atoms with Crippen LogP contribution in [0.3, 0.4) is 0 Å². The number of nitrogens with zero attached hydrogens (tertiary/aromatic N) is 3. The van der Waals surface area contributed by atoms with Gasteiger partial charge in [0.2, 0.25) is 5.91 Å². The molecule has 3 rings (SSSR count). The van der Waals surface area contributed by atoms with Crippen molar-refractivity contribution in [1.29, 1.82) is 0 Å². The van der Waals surface area contributed by atoms with Crippen LogP contribution in [-0.4, -0.2) is 52.8 Å². The Balaban J connectivity index is 1.83. The first-order valence-electron chi connectivity index (χ1n) is 8.21. The molecule has 2 aromatic rings. The summed E-state index contributed by atoms with van der Waals surface area (Å²) in [4.78, 5) is 23.7. The van der Waals surface area contributed by atoms with Crippen molar-refractivity contribution in [3.8, 4) is 0 Å². The maximum Gasteiger partial charge on any atom is 0.233 e. The Kier molecular flexibility index (Phi) is 5.06. The van der Waals surface area contributed by atoms with Gasteiger partial charge in [-0.2, -0.15) is 0 Å². The fraction of sp³-hybridized carbons (Fsp3) is 0.500. The minimum absolute atomic E-state index is 0.131. The molecule has 0 bridgehead atoms. The minimum atomic E-state index is -0.131. The van der Waals surface area contributed by atoms with Gasteiger partial charge in [0.25, 0.3) is 0 Å². The summed E-state index contributed by atoms with van der Waals surface area (Å²) in [5.41, 5.74) is 0.798. The third-order valence-corrected chi connectivity index (χ3v) is 4.91. The molecule has 1 aromatic carbocycles. The summed E-state index contributed by atoms with van der Waals surface area (Å²) in [7, 11) is 0. The fourth-order valence-electron chi connectivity index (χ4n) is 2.53. The second-order valence-corrected chi connectivity index (χ2v) is 7.87. The third kappa shape index (κ3) is 3.87. The molecular formula is C18H23N3O2S. The summed E-state index contributed by atoms with van der Waals surface area (Å²) < 4.78 is 5.30. The largest absolute Gasteiger partial charge is 0.378 e. The number of benzene rings is 1. The predicted molar refractivity (Wildman–Crippen MR) is 96.4 cm³/mol. The first-order chi connectivity index (χ1) is 11.4. The summed E-state index contributed by atoms with van der Waals surface area (Å²) in [5.74, 6) is 1.34. The minimum Gasteiger partial charge on any atom is -0.378 e. The smallest absolute Gasteiger partial charge is 0.233 e. The van der Waals surface area contributed by atoms with Gasteiger partial charge in [-0.1, -0.05) is 50.7 Å². The van der Waals surface area contributed by atoms with Crippen LogP contribution in [0.15, 0.2) is 29.3 Å². The highest BCUT2D eigenvalue weighted by Gasteiger charge is 2.21. The molecule has 0 unspecified atom stereocenters. The molecule has 0 saturated carbocycles. The summed E-state index contributed by atoms with van der Waals surface area (Å²) >= 11 is 1.50. The highest BCUT2D eigenvalue weighted by Crippen LogP contribution is 2.29. The van der Waals surface area contributed by atoms with Crippen molar-refractivity contribution in [2.24, 2.45) is 0 Å². The molecule has 1 aliphatic heterocycles. The van der Waals surface area contributed by atoms with E-state index in [9.17, 15) is 4.79 Å². The van der Waals surface area contributed by atoms with E-state index in [1.165, 1.54) is 11.8 Å². The number of para-hydroxylation sites is 1. The van der Waals surface area contributed by atoms with Gasteiger partial charge in [-0.25, -0.2) is 9.97 Å². The van der Waals surface area contributed by atoms with Gasteiger partial charge in [-0.15, -0.1) is 0 Å². The van der Waals surface area contributed by atoms with Gasteiger partial charge in [-0.3, -0.25) is 4.79 Å². The standard InChI is InChI=1S/C18H23N3O2S/c1-18(2,3)17-19-14-7-5-4-6-13(14)16(20-17)24-12-15(22)21-8-10-23-11-9-21/h4-7H,8-12H2,1-3H3. The number of rotatable bonds is 3. The number of morpholine rings is 1. The molecule has 1 aromatic heterocycles. The van der Waals surface area contributed by atoms with Crippen LogP contribution in [0.25, 0.3) is 10.9 Å². The molecule has 1 amide bonds. The average molecular weight is 345 g/mol. The number of aromatic nitrogens is 2. The quantitative estimate of drug-likeness (QED) is 0.632. The Bertz CT molecular complexity index is 737. The van der Waals surface area contributed by atoms with Crippen LogP contribution in [0.4, 0.5) is 0 Å². The van der Waals surface area contributed by atoms with Gasteiger partial charge in [0, 0.05) is 23.9 Å². The molecule has 5 nitrogen and oxygen atoms in total. The molecule has 0 N–H and O–H groups in total. The number of hydrogen-bond donors (Lipinski definition) is 0. The van der Waals surface area contributed by atoms with E-state index >= 15 is 0 Å². The summed E-state index contributed by atoms with van der Waals surface area (Å²) in [6, 6.07) is 7.98. The Morgan fingerprint density at radius 3 is 2.62 bits per heavy atom. The Labute approximate surface area is 146 Å². The lowest BCUT2D eigenvalue weighted by atomic mass is 9.95. The van der Waals surface area contributed by atoms with E-state index in [0.717, 1.165) is 21.8 Å². The van der Waals surface area contributed by atoms with Gasteiger partial charge >= 0.3 is 0 Å². The van der Waals surface area contributed by atoms with Gasteiger partial charge in [0.15, 0.2) is 0 Å². The van der Waals surface area contributed by atoms with Crippen molar-refractivity contribution in [2.45, 2.75) is 31.2 Å². The van der Waals surface area contributed by atoms with E-state index < -0.39 is 0 Å². The maximum atomic E-state index is 12.4. The molecule has 1 saturated heterocycles. The number of ether oxygens (including phenoxy) is 1. The zero-order chi connectivity index (χ0) is 17.2. The molecule has 0 atom stereocenters. The van der Waals surface area contributed by atoms with E-state index in [1.807, 2.05) is 29.2 Å². The lowest BCUT2D eigenvalue weighted by Crippen LogP contribution is -2.41. The van der Waals surface area contributed by atoms with Gasteiger partial charge < -0.3 is 9.64 Å². The number of thioether (sulfide) groups is 1. The number of hydrogen-bond acceptors (Lipinski definition) is 5. The molecule has 2 heterocycles. The SMILES string of the molecule is CC(C)(C)c1nc(SCC(=O)N2CCOCC2)c2ccccc2n1. The van der Waals surface area contributed by atoms with Crippen LogP contribution >= 0.6 is 11.8 Å². The number of fused-ring (bicyclic) bond motifs is 1. The first kappa shape index (κ1) is 17.2. The average Bonchev–Trinajstić information content (AvgIpc) is 2.59. The summed E-state index contributed by atoms with van der Waals surface area (Å²) in [6.07, 6.45) is 0. The Morgan fingerprint density at radius 2 is 1.92 bits per heavy atom. The molecule has 24 heavy (non-hydrogen) atoms. The van der Waals surface area contributed by atoms with Crippen molar-refractivity contribution < 1.29 is 9.53 Å². The van der Waals surface area contributed by atoms with Crippen LogP contribution < -0.4 is 0 Å². The van der Waals surface area contributed by atoms with Crippen LogP contribution in [0.2, 0.25) is 0 Å². The maximum absolute atomic E-state index is 12.4. The number of amides is 1. The molecule has 6 heteroatoms. The number of carbonyl (C=O) groups is 1. The van der Waals surface area contributed by atoms with Crippen LogP contribution in [0, 0.1) is 0 Å². The summed E-state index contributed by atoms with van der Waals surface area (Å²) in [6.45, 7) is 8.91. The van der Waals surface area contributed by atoms with E-state index in [4.69, 9.17) is 9.72 Å². The molecule has 1 aliphatic rings. The highest BCUT2D eigenvalue weighted by molar-refractivity contribution is 8.00. The van der Waals surface area contributed by atoms with Crippen molar-refractivity contribution >= 4 is 28.6 Å². The van der Waals surface area contributed by atoms with Crippen molar-refractivity contribution in [3.05, 3.63) is 30.1 Å². The van der Waals surface area contributed by atoms with E-state index in [1.54, 1.807) is 0 Å². The molecular weight excluding hydrogens is 322 g/mol. The van der Waals surface area contributed by atoms with E-state index in [-0.39, 0.29) is 11.3 Å². The van der Waals surface area contributed by atoms with Gasteiger partial charge in [0.05, 0.1) is 24.5 Å². The topological polar surface area (TPSA) is 55.3 Å². The van der Waals surface area contributed by atoms with E-state index in [2.05, 4.69) is 25.8 Å². The van der Waals surface area contributed by atoms with Crippen molar-refractivity contribution in [2.75, 3.05) is 32.1 Å².